The van der Waals surface area contributed by atoms with Gasteiger partial charge in [-0.3, -0.25) is 4.90 Å². The zero-order valence-corrected chi connectivity index (χ0v) is 11.3. The highest BCUT2D eigenvalue weighted by Gasteiger charge is 2.23. The molecule has 1 aliphatic rings. The quantitative estimate of drug-likeness (QED) is 0.795. The molecule has 0 aromatic heterocycles. The lowest BCUT2D eigenvalue weighted by Crippen LogP contribution is -2.46. The Morgan fingerprint density at radius 1 is 1.58 bits per heavy atom. The highest BCUT2D eigenvalue weighted by Crippen LogP contribution is 2.16. The van der Waals surface area contributed by atoms with Gasteiger partial charge in [-0.05, 0) is 6.07 Å². The van der Waals surface area contributed by atoms with Gasteiger partial charge in [0.2, 0.25) is 0 Å². The number of aliphatic hydroxyl groups is 1. The maximum atomic E-state index is 14.0. The number of ether oxygens (including phenoxy) is 1. The van der Waals surface area contributed by atoms with Gasteiger partial charge in [0, 0.05) is 24.2 Å². The van der Waals surface area contributed by atoms with Crippen molar-refractivity contribution in [2.24, 2.45) is 5.73 Å². The summed E-state index contributed by atoms with van der Waals surface area (Å²) in [5.41, 5.74) is 6.56. The van der Waals surface area contributed by atoms with Crippen LogP contribution in [0.5, 0.6) is 0 Å². The first kappa shape index (κ1) is 14.3. The average Bonchev–Trinajstić information content (AvgIpc) is 2.41. The molecule has 6 heteroatoms. The van der Waals surface area contributed by atoms with Crippen molar-refractivity contribution in [3.05, 3.63) is 35.1 Å². The monoisotopic (exact) mass is 284 g/mol. The molecule has 0 saturated carbocycles. The third kappa shape index (κ3) is 3.48. The first-order chi connectivity index (χ1) is 9.11. The summed E-state index contributed by atoms with van der Waals surface area (Å²) >= 11 is 4.81. The number of halogens is 1. The van der Waals surface area contributed by atoms with Crippen LogP contribution in [0.4, 0.5) is 4.39 Å². The van der Waals surface area contributed by atoms with Crippen LogP contribution in [-0.4, -0.2) is 47.4 Å². The Hall–Kier alpha value is -1.08. The zero-order chi connectivity index (χ0) is 13.8. The van der Waals surface area contributed by atoms with Crippen LogP contribution < -0.4 is 5.73 Å². The lowest BCUT2D eigenvalue weighted by atomic mass is 10.1. The highest BCUT2D eigenvalue weighted by molar-refractivity contribution is 7.80. The highest BCUT2D eigenvalue weighted by atomic mass is 32.1. The van der Waals surface area contributed by atoms with Crippen LogP contribution in [0.15, 0.2) is 18.2 Å². The second-order valence-electron chi connectivity index (χ2n) is 4.55. The third-order valence-corrected chi connectivity index (χ3v) is 3.51. The summed E-state index contributed by atoms with van der Waals surface area (Å²) in [6.45, 7) is 2.21. The predicted octanol–water partition coefficient (Wildman–Crippen LogP) is 0.653. The number of nitrogens with two attached hydrogens (primary N) is 1. The summed E-state index contributed by atoms with van der Waals surface area (Å²) < 4.78 is 19.3. The minimum absolute atomic E-state index is 0.00654. The lowest BCUT2D eigenvalue weighted by Gasteiger charge is -2.34. The van der Waals surface area contributed by atoms with E-state index in [1.54, 1.807) is 12.1 Å². The number of benzene rings is 1. The minimum Gasteiger partial charge on any atom is -0.395 e. The van der Waals surface area contributed by atoms with Gasteiger partial charge in [0.05, 0.1) is 25.9 Å². The van der Waals surface area contributed by atoms with E-state index in [2.05, 4.69) is 0 Å². The van der Waals surface area contributed by atoms with Crippen LogP contribution in [0.1, 0.15) is 11.1 Å². The van der Waals surface area contributed by atoms with Crippen molar-refractivity contribution in [3.8, 4) is 0 Å². The molecule has 0 amide bonds. The molecule has 1 heterocycles. The van der Waals surface area contributed by atoms with E-state index >= 15 is 0 Å². The molecule has 1 saturated heterocycles. The number of morpholine rings is 1. The van der Waals surface area contributed by atoms with Crippen molar-refractivity contribution >= 4 is 17.2 Å². The van der Waals surface area contributed by atoms with Gasteiger partial charge in [-0.2, -0.15) is 0 Å². The van der Waals surface area contributed by atoms with Crippen LogP contribution in [-0.2, 0) is 11.3 Å². The summed E-state index contributed by atoms with van der Waals surface area (Å²) in [5, 5.41) is 9.28. The van der Waals surface area contributed by atoms with E-state index < -0.39 is 0 Å². The fourth-order valence-electron chi connectivity index (χ4n) is 2.11. The van der Waals surface area contributed by atoms with E-state index in [9.17, 15) is 9.50 Å². The fraction of sp³-hybridized carbons (Fsp3) is 0.462. The van der Waals surface area contributed by atoms with E-state index in [1.165, 1.54) is 6.07 Å². The van der Waals surface area contributed by atoms with Gasteiger partial charge in [-0.1, -0.05) is 24.4 Å². The molecular weight excluding hydrogens is 267 g/mol. The van der Waals surface area contributed by atoms with Crippen molar-refractivity contribution in [1.82, 2.24) is 4.90 Å². The molecule has 2 rings (SSSR count). The van der Waals surface area contributed by atoms with Crippen molar-refractivity contribution in [1.29, 1.82) is 0 Å². The summed E-state index contributed by atoms with van der Waals surface area (Å²) in [6, 6.07) is 4.68. The molecule has 0 spiro atoms. The summed E-state index contributed by atoms with van der Waals surface area (Å²) in [7, 11) is 0. The van der Waals surface area contributed by atoms with Gasteiger partial charge in [0.15, 0.2) is 0 Å². The number of hydrogen-bond donors (Lipinski definition) is 2. The van der Waals surface area contributed by atoms with Gasteiger partial charge >= 0.3 is 0 Å². The Balaban J connectivity index is 2.11. The fourth-order valence-corrected chi connectivity index (χ4v) is 2.24. The molecule has 3 N–H and O–H groups in total. The molecule has 4 nitrogen and oxygen atoms in total. The van der Waals surface area contributed by atoms with E-state index in [-0.39, 0.29) is 23.5 Å². The molecule has 0 bridgehead atoms. The number of hydrogen-bond acceptors (Lipinski definition) is 4. The van der Waals surface area contributed by atoms with Crippen molar-refractivity contribution < 1.29 is 14.2 Å². The largest absolute Gasteiger partial charge is 0.395 e. The standard InChI is InChI=1S/C13H17FN2O2S/c14-12-5-9(13(15)19)1-2-10(12)6-16-3-4-18-8-11(16)7-17/h1-2,5,11,17H,3-4,6-8H2,(H2,15,19). The Morgan fingerprint density at radius 3 is 3.00 bits per heavy atom. The molecule has 104 valence electrons. The average molecular weight is 284 g/mol. The van der Waals surface area contributed by atoms with Gasteiger partial charge in [-0.15, -0.1) is 0 Å². The molecule has 1 unspecified atom stereocenters. The van der Waals surface area contributed by atoms with E-state index in [0.29, 0.717) is 37.4 Å². The molecule has 1 atom stereocenters. The van der Waals surface area contributed by atoms with Gasteiger partial charge < -0.3 is 15.6 Å². The van der Waals surface area contributed by atoms with Gasteiger partial charge in [0.25, 0.3) is 0 Å². The van der Waals surface area contributed by atoms with E-state index in [0.717, 1.165) is 0 Å². The Bertz CT molecular complexity index is 470. The molecular formula is C13H17FN2O2S. The maximum absolute atomic E-state index is 14.0. The summed E-state index contributed by atoms with van der Waals surface area (Å²) in [4.78, 5) is 2.20. The Labute approximate surface area is 117 Å². The van der Waals surface area contributed by atoms with Crippen LogP contribution in [0.2, 0.25) is 0 Å². The Kier molecular flexibility index (Phi) is 4.81. The van der Waals surface area contributed by atoms with Crippen LogP contribution >= 0.6 is 12.2 Å². The van der Waals surface area contributed by atoms with Crippen molar-refractivity contribution in [2.75, 3.05) is 26.4 Å². The SMILES string of the molecule is NC(=S)c1ccc(CN2CCOCC2CO)c(F)c1. The topological polar surface area (TPSA) is 58.7 Å². The Morgan fingerprint density at radius 2 is 2.37 bits per heavy atom. The first-order valence-corrected chi connectivity index (χ1v) is 6.53. The minimum atomic E-state index is -0.325. The van der Waals surface area contributed by atoms with E-state index in [1.807, 2.05) is 4.90 Å². The summed E-state index contributed by atoms with van der Waals surface area (Å²) in [5.74, 6) is -0.325. The molecule has 19 heavy (non-hydrogen) atoms. The molecule has 1 aromatic carbocycles. The number of aliphatic hydroxyl groups excluding tert-OH is 1. The first-order valence-electron chi connectivity index (χ1n) is 6.12. The van der Waals surface area contributed by atoms with Crippen molar-refractivity contribution in [2.45, 2.75) is 12.6 Å². The maximum Gasteiger partial charge on any atom is 0.128 e. The molecule has 0 radical (unpaired) electrons. The number of rotatable bonds is 4. The summed E-state index contributed by atoms with van der Waals surface area (Å²) in [6.07, 6.45) is 0. The number of thiocarbonyl (C=S) groups is 1. The van der Waals surface area contributed by atoms with Crippen LogP contribution in [0, 0.1) is 5.82 Å². The second kappa shape index (κ2) is 6.38. The lowest BCUT2D eigenvalue weighted by molar-refractivity contribution is -0.0316. The molecule has 1 aromatic rings. The third-order valence-electron chi connectivity index (χ3n) is 3.27. The molecule has 1 fully saturated rings. The zero-order valence-electron chi connectivity index (χ0n) is 10.5. The van der Waals surface area contributed by atoms with Crippen LogP contribution in [0.25, 0.3) is 0 Å². The van der Waals surface area contributed by atoms with Crippen molar-refractivity contribution in [3.63, 3.8) is 0 Å². The normalized spacial score (nSPS) is 20.4. The smallest absolute Gasteiger partial charge is 0.128 e. The second-order valence-corrected chi connectivity index (χ2v) is 4.99. The molecule has 1 aliphatic heterocycles. The molecule has 0 aliphatic carbocycles. The van der Waals surface area contributed by atoms with Gasteiger partial charge in [0.1, 0.15) is 10.8 Å². The predicted molar refractivity (Wildman–Crippen MR) is 74.4 cm³/mol. The number of nitrogens with zero attached hydrogens (tertiary/aromatic N) is 1. The van der Waals surface area contributed by atoms with Crippen LogP contribution in [0.3, 0.4) is 0 Å². The van der Waals surface area contributed by atoms with E-state index in [4.69, 9.17) is 22.7 Å². The van der Waals surface area contributed by atoms with Gasteiger partial charge in [-0.25, -0.2) is 4.39 Å².